The number of nitrogens with two attached hydrogens (primary N) is 1. The molecule has 0 aliphatic rings. The number of hydrogen-bond donors (Lipinski definition) is 1. The Morgan fingerprint density at radius 1 is 1.45 bits per heavy atom. The van der Waals surface area contributed by atoms with E-state index in [1.54, 1.807) is 25.3 Å². The topological polar surface area (TPSA) is 81.0 Å². The van der Waals surface area contributed by atoms with Crippen molar-refractivity contribution in [1.29, 1.82) is 5.26 Å². The summed E-state index contributed by atoms with van der Waals surface area (Å²) < 4.78 is 7.26. The van der Waals surface area contributed by atoms with Gasteiger partial charge in [-0.05, 0) is 37.6 Å². The third kappa shape index (κ3) is 2.87. The van der Waals surface area contributed by atoms with E-state index in [-0.39, 0.29) is 6.04 Å². The SMILES string of the molecule is COCC(C)n1c(-c2cccc(C#N)c2)cc(C(N)=O)c1C. The van der Waals surface area contributed by atoms with Crippen molar-refractivity contribution in [3.63, 3.8) is 0 Å². The first-order valence-electron chi connectivity index (χ1n) is 7.00. The van der Waals surface area contributed by atoms with Crippen LogP contribution in [0.1, 0.15) is 34.6 Å². The molecule has 5 nitrogen and oxygen atoms in total. The number of primary amides is 1. The van der Waals surface area contributed by atoms with Crippen LogP contribution < -0.4 is 5.73 Å². The Hall–Kier alpha value is -2.58. The highest BCUT2D eigenvalue weighted by atomic mass is 16.5. The zero-order valence-electron chi connectivity index (χ0n) is 13.0. The van der Waals surface area contributed by atoms with Gasteiger partial charge in [-0.3, -0.25) is 4.79 Å². The highest BCUT2D eigenvalue weighted by Gasteiger charge is 2.20. The lowest BCUT2D eigenvalue weighted by atomic mass is 10.1. The van der Waals surface area contributed by atoms with E-state index in [2.05, 4.69) is 6.07 Å². The zero-order valence-corrected chi connectivity index (χ0v) is 13.0. The first-order valence-corrected chi connectivity index (χ1v) is 7.00. The van der Waals surface area contributed by atoms with Crippen molar-refractivity contribution >= 4 is 5.91 Å². The van der Waals surface area contributed by atoms with Crippen molar-refractivity contribution in [3.8, 4) is 17.3 Å². The van der Waals surface area contributed by atoms with Gasteiger partial charge in [-0.25, -0.2) is 0 Å². The summed E-state index contributed by atoms with van der Waals surface area (Å²) in [7, 11) is 1.64. The Balaban J connectivity index is 2.65. The molecule has 2 rings (SSSR count). The molecule has 22 heavy (non-hydrogen) atoms. The van der Waals surface area contributed by atoms with E-state index < -0.39 is 5.91 Å². The van der Waals surface area contributed by atoms with Gasteiger partial charge in [-0.15, -0.1) is 0 Å². The van der Waals surface area contributed by atoms with E-state index in [0.717, 1.165) is 17.0 Å². The second-order valence-corrected chi connectivity index (χ2v) is 5.26. The van der Waals surface area contributed by atoms with Crippen LogP contribution in [0.4, 0.5) is 0 Å². The third-order valence-corrected chi connectivity index (χ3v) is 3.69. The van der Waals surface area contributed by atoms with Gasteiger partial charge in [-0.1, -0.05) is 12.1 Å². The van der Waals surface area contributed by atoms with Crippen LogP contribution in [-0.2, 0) is 4.74 Å². The van der Waals surface area contributed by atoms with Crippen LogP contribution in [-0.4, -0.2) is 24.2 Å². The molecule has 0 fully saturated rings. The van der Waals surface area contributed by atoms with Gasteiger partial charge in [0.1, 0.15) is 0 Å². The van der Waals surface area contributed by atoms with Gasteiger partial charge >= 0.3 is 0 Å². The molecule has 0 saturated carbocycles. The summed E-state index contributed by atoms with van der Waals surface area (Å²) in [6.07, 6.45) is 0. The number of amides is 1. The normalized spacial score (nSPS) is 11.9. The average molecular weight is 297 g/mol. The molecule has 1 aromatic carbocycles. The maximum Gasteiger partial charge on any atom is 0.250 e. The molecule has 1 unspecified atom stereocenters. The number of hydrogen-bond acceptors (Lipinski definition) is 3. The van der Waals surface area contributed by atoms with Crippen LogP contribution in [0.3, 0.4) is 0 Å². The molecule has 0 spiro atoms. The largest absolute Gasteiger partial charge is 0.383 e. The number of rotatable bonds is 5. The van der Waals surface area contributed by atoms with Gasteiger partial charge in [0.2, 0.25) is 0 Å². The lowest BCUT2D eigenvalue weighted by Crippen LogP contribution is -2.16. The Labute approximate surface area is 129 Å². The van der Waals surface area contributed by atoms with Crippen LogP contribution in [0.25, 0.3) is 11.3 Å². The van der Waals surface area contributed by atoms with E-state index in [0.29, 0.717) is 17.7 Å². The molecule has 2 aromatic rings. The molecular formula is C17H19N3O2. The van der Waals surface area contributed by atoms with E-state index in [9.17, 15) is 4.79 Å². The van der Waals surface area contributed by atoms with E-state index >= 15 is 0 Å². The molecule has 1 atom stereocenters. The van der Waals surface area contributed by atoms with Crippen LogP contribution in [0.15, 0.2) is 30.3 Å². The van der Waals surface area contributed by atoms with Gasteiger partial charge in [0.15, 0.2) is 0 Å². The molecule has 5 heteroatoms. The third-order valence-electron chi connectivity index (χ3n) is 3.69. The van der Waals surface area contributed by atoms with Crippen molar-refractivity contribution in [3.05, 3.63) is 47.2 Å². The van der Waals surface area contributed by atoms with Gasteiger partial charge in [-0.2, -0.15) is 5.26 Å². The van der Waals surface area contributed by atoms with Crippen LogP contribution in [0.5, 0.6) is 0 Å². The lowest BCUT2D eigenvalue weighted by molar-refractivity contribution is 0.0999. The predicted molar refractivity (Wildman–Crippen MR) is 84.4 cm³/mol. The highest BCUT2D eigenvalue weighted by molar-refractivity contribution is 5.95. The maximum absolute atomic E-state index is 11.6. The molecule has 0 aliphatic heterocycles. The molecule has 2 N–H and O–H groups in total. The molecule has 0 aliphatic carbocycles. The van der Waals surface area contributed by atoms with Gasteiger partial charge < -0.3 is 15.0 Å². The molecule has 0 saturated heterocycles. The van der Waals surface area contributed by atoms with Gasteiger partial charge in [0, 0.05) is 18.5 Å². The monoisotopic (exact) mass is 297 g/mol. The maximum atomic E-state index is 11.6. The standard InChI is InChI=1S/C17H19N3O2/c1-11(10-22-3)20-12(2)15(17(19)21)8-16(20)14-6-4-5-13(7-14)9-18/h4-8,11H,10H2,1-3H3,(H2,19,21). The molecule has 0 radical (unpaired) electrons. The van der Waals surface area contributed by atoms with Crippen molar-refractivity contribution < 1.29 is 9.53 Å². The number of ether oxygens (including phenoxy) is 1. The smallest absolute Gasteiger partial charge is 0.250 e. The first-order chi connectivity index (χ1) is 10.5. The number of nitriles is 1. The Kier molecular flexibility index (Phi) is 4.64. The number of nitrogens with zero attached hydrogens (tertiary/aromatic N) is 2. The van der Waals surface area contributed by atoms with Crippen LogP contribution in [0, 0.1) is 18.3 Å². The molecule has 1 amide bonds. The number of benzene rings is 1. The Morgan fingerprint density at radius 3 is 2.77 bits per heavy atom. The minimum atomic E-state index is -0.460. The molecule has 1 aromatic heterocycles. The van der Waals surface area contributed by atoms with Crippen molar-refractivity contribution in [1.82, 2.24) is 4.57 Å². The van der Waals surface area contributed by atoms with E-state index in [1.165, 1.54) is 0 Å². The lowest BCUT2D eigenvalue weighted by Gasteiger charge is -2.19. The minimum Gasteiger partial charge on any atom is -0.383 e. The summed E-state index contributed by atoms with van der Waals surface area (Å²) in [6.45, 7) is 4.39. The summed E-state index contributed by atoms with van der Waals surface area (Å²) in [6, 6.07) is 11.2. The van der Waals surface area contributed by atoms with Crippen LogP contribution >= 0.6 is 0 Å². The number of carbonyl (C=O) groups excluding carboxylic acids is 1. The second-order valence-electron chi connectivity index (χ2n) is 5.26. The molecule has 1 heterocycles. The summed E-state index contributed by atoms with van der Waals surface area (Å²) in [5, 5.41) is 9.07. The molecule has 0 bridgehead atoms. The highest BCUT2D eigenvalue weighted by Crippen LogP contribution is 2.30. The number of methoxy groups -OCH3 is 1. The summed E-state index contributed by atoms with van der Waals surface area (Å²) in [5.74, 6) is -0.460. The van der Waals surface area contributed by atoms with Crippen molar-refractivity contribution in [2.45, 2.75) is 19.9 Å². The first kappa shape index (κ1) is 15.8. The van der Waals surface area contributed by atoms with Gasteiger partial charge in [0.25, 0.3) is 5.91 Å². The minimum absolute atomic E-state index is 0.0406. The fourth-order valence-electron chi connectivity index (χ4n) is 2.72. The fourth-order valence-corrected chi connectivity index (χ4v) is 2.72. The zero-order chi connectivity index (χ0) is 16.3. The molecule has 114 valence electrons. The quantitative estimate of drug-likeness (QED) is 0.921. The van der Waals surface area contributed by atoms with Crippen molar-refractivity contribution in [2.75, 3.05) is 13.7 Å². The molecular weight excluding hydrogens is 278 g/mol. The van der Waals surface area contributed by atoms with Crippen molar-refractivity contribution in [2.24, 2.45) is 5.73 Å². The Bertz CT molecular complexity index is 741. The predicted octanol–water partition coefficient (Wildman–Crippen LogP) is 2.64. The van der Waals surface area contributed by atoms with E-state index in [4.69, 9.17) is 15.7 Å². The summed E-state index contributed by atoms with van der Waals surface area (Å²) in [4.78, 5) is 11.6. The summed E-state index contributed by atoms with van der Waals surface area (Å²) >= 11 is 0. The van der Waals surface area contributed by atoms with Gasteiger partial charge in [0.05, 0.1) is 29.8 Å². The Morgan fingerprint density at radius 2 is 2.18 bits per heavy atom. The number of carbonyl (C=O) groups is 1. The second kappa shape index (κ2) is 6.46. The fraction of sp³-hybridized carbons (Fsp3) is 0.294. The van der Waals surface area contributed by atoms with E-state index in [1.807, 2.05) is 30.5 Å². The average Bonchev–Trinajstić information content (AvgIpc) is 2.85. The van der Waals surface area contributed by atoms with Crippen LogP contribution in [0.2, 0.25) is 0 Å². The summed E-state index contributed by atoms with van der Waals surface area (Å²) in [5.41, 5.74) is 9.06. The number of aromatic nitrogens is 1.